The molecule has 1 atom stereocenters. The average Bonchev–Trinajstić information content (AvgIpc) is 2.55. The molecule has 122 valence electrons. The number of aryl methyl sites for hydroxylation is 1. The number of rotatable bonds is 7. The highest BCUT2D eigenvalue weighted by molar-refractivity contribution is 7.99. The summed E-state index contributed by atoms with van der Waals surface area (Å²) in [4.78, 5) is 13.1. The van der Waals surface area contributed by atoms with E-state index in [9.17, 15) is 4.79 Å². The standard InChI is InChI=1S/C18H20ClNO2S/c1-13-3-7-16(8-4-13)22-14(2)18(21)20-11-12-23-17-9-5-15(19)6-10-17/h3-10,14H,11-12H2,1-2H3,(H,20,21)/t14-/m0/s1. The molecule has 0 saturated heterocycles. The molecule has 0 fully saturated rings. The van der Waals surface area contributed by atoms with Crippen LogP contribution in [0.5, 0.6) is 5.75 Å². The molecule has 0 aromatic heterocycles. The second-order valence-electron chi connectivity index (χ2n) is 5.17. The van der Waals surface area contributed by atoms with Gasteiger partial charge in [0.15, 0.2) is 6.10 Å². The summed E-state index contributed by atoms with van der Waals surface area (Å²) < 4.78 is 5.63. The maximum atomic E-state index is 12.0. The number of benzene rings is 2. The van der Waals surface area contributed by atoms with Gasteiger partial charge >= 0.3 is 0 Å². The van der Waals surface area contributed by atoms with Gasteiger partial charge in [-0.1, -0.05) is 29.3 Å². The van der Waals surface area contributed by atoms with Crippen LogP contribution in [0.2, 0.25) is 5.02 Å². The van der Waals surface area contributed by atoms with E-state index in [1.807, 2.05) is 55.5 Å². The molecule has 2 rings (SSSR count). The van der Waals surface area contributed by atoms with Crippen molar-refractivity contribution in [2.24, 2.45) is 0 Å². The van der Waals surface area contributed by atoms with Gasteiger partial charge in [-0.2, -0.15) is 0 Å². The lowest BCUT2D eigenvalue weighted by Gasteiger charge is -2.14. The fourth-order valence-electron chi connectivity index (χ4n) is 1.89. The van der Waals surface area contributed by atoms with Crippen molar-refractivity contribution in [2.45, 2.75) is 24.8 Å². The number of halogens is 1. The van der Waals surface area contributed by atoms with Gasteiger partial charge in [-0.05, 0) is 50.2 Å². The van der Waals surface area contributed by atoms with Crippen molar-refractivity contribution in [3.63, 3.8) is 0 Å². The van der Waals surface area contributed by atoms with Crippen LogP contribution in [0.15, 0.2) is 53.4 Å². The molecule has 1 N–H and O–H groups in total. The first-order valence-corrected chi connectivity index (χ1v) is 8.80. The van der Waals surface area contributed by atoms with Crippen LogP contribution in [-0.4, -0.2) is 24.3 Å². The number of hydrogen-bond acceptors (Lipinski definition) is 3. The Hall–Kier alpha value is -1.65. The van der Waals surface area contributed by atoms with Crippen molar-refractivity contribution >= 4 is 29.3 Å². The lowest BCUT2D eigenvalue weighted by molar-refractivity contribution is -0.127. The van der Waals surface area contributed by atoms with Gasteiger partial charge in [0.2, 0.25) is 0 Å². The smallest absolute Gasteiger partial charge is 0.260 e. The fourth-order valence-corrected chi connectivity index (χ4v) is 2.79. The summed E-state index contributed by atoms with van der Waals surface area (Å²) in [6, 6.07) is 15.3. The first-order chi connectivity index (χ1) is 11.0. The summed E-state index contributed by atoms with van der Waals surface area (Å²) >= 11 is 7.52. The molecule has 0 radical (unpaired) electrons. The van der Waals surface area contributed by atoms with E-state index < -0.39 is 6.10 Å². The quantitative estimate of drug-likeness (QED) is 0.597. The molecular formula is C18H20ClNO2S. The molecular weight excluding hydrogens is 330 g/mol. The van der Waals surface area contributed by atoms with E-state index >= 15 is 0 Å². The number of carbonyl (C=O) groups excluding carboxylic acids is 1. The van der Waals surface area contributed by atoms with Gasteiger partial charge in [-0.15, -0.1) is 11.8 Å². The third-order valence-electron chi connectivity index (χ3n) is 3.19. The Morgan fingerprint density at radius 2 is 1.83 bits per heavy atom. The van der Waals surface area contributed by atoms with Crippen molar-refractivity contribution < 1.29 is 9.53 Å². The number of amides is 1. The maximum Gasteiger partial charge on any atom is 0.260 e. The summed E-state index contributed by atoms with van der Waals surface area (Å²) in [5, 5.41) is 3.61. The summed E-state index contributed by atoms with van der Waals surface area (Å²) in [6.07, 6.45) is -0.516. The van der Waals surface area contributed by atoms with Crippen molar-refractivity contribution in [3.8, 4) is 5.75 Å². The predicted octanol–water partition coefficient (Wildman–Crippen LogP) is 4.32. The minimum atomic E-state index is -0.516. The molecule has 0 spiro atoms. The van der Waals surface area contributed by atoms with Crippen molar-refractivity contribution in [1.82, 2.24) is 5.32 Å². The Kier molecular flexibility index (Phi) is 6.81. The Morgan fingerprint density at radius 1 is 1.17 bits per heavy atom. The average molecular weight is 350 g/mol. The van der Waals surface area contributed by atoms with Crippen LogP contribution < -0.4 is 10.1 Å². The van der Waals surface area contributed by atoms with Crippen LogP contribution in [0.4, 0.5) is 0 Å². The van der Waals surface area contributed by atoms with Gasteiger partial charge in [0, 0.05) is 22.2 Å². The number of nitrogens with one attached hydrogen (secondary N) is 1. The van der Waals surface area contributed by atoms with Crippen LogP contribution in [0.1, 0.15) is 12.5 Å². The molecule has 0 aliphatic heterocycles. The molecule has 0 heterocycles. The van der Waals surface area contributed by atoms with Gasteiger partial charge in [-0.25, -0.2) is 0 Å². The van der Waals surface area contributed by atoms with E-state index in [-0.39, 0.29) is 5.91 Å². The van der Waals surface area contributed by atoms with Crippen molar-refractivity contribution in [3.05, 3.63) is 59.1 Å². The lowest BCUT2D eigenvalue weighted by Crippen LogP contribution is -2.37. The van der Waals surface area contributed by atoms with Gasteiger partial charge < -0.3 is 10.1 Å². The summed E-state index contributed by atoms with van der Waals surface area (Å²) in [5.41, 5.74) is 1.16. The zero-order chi connectivity index (χ0) is 16.7. The summed E-state index contributed by atoms with van der Waals surface area (Å²) in [6.45, 7) is 4.35. The van der Waals surface area contributed by atoms with Crippen molar-refractivity contribution in [1.29, 1.82) is 0 Å². The van der Waals surface area contributed by atoms with E-state index in [2.05, 4.69) is 5.32 Å². The third kappa shape index (κ3) is 6.16. The van der Waals surface area contributed by atoms with Crippen molar-refractivity contribution in [2.75, 3.05) is 12.3 Å². The second-order valence-corrected chi connectivity index (χ2v) is 6.77. The van der Waals surface area contributed by atoms with E-state index in [1.54, 1.807) is 18.7 Å². The predicted molar refractivity (Wildman–Crippen MR) is 96.5 cm³/mol. The van der Waals surface area contributed by atoms with E-state index in [0.717, 1.165) is 21.2 Å². The first-order valence-electron chi connectivity index (χ1n) is 7.44. The molecule has 0 bridgehead atoms. The van der Waals surface area contributed by atoms with Crippen LogP contribution in [0.3, 0.4) is 0 Å². The fraction of sp³-hybridized carbons (Fsp3) is 0.278. The van der Waals surface area contributed by atoms with E-state index in [1.165, 1.54) is 0 Å². The Balaban J connectivity index is 1.69. The maximum absolute atomic E-state index is 12.0. The summed E-state index contributed by atoms with van der Waals surface area (Å²) in [5.74, 6) is 1.39. The highest BCUT2D eigenvalue weighted by atomic mass is 35.5. The molecule has 1 amide bonds. The third-order valence-corrected chi connectivity index (χ3v) is 4.45. The van der Waals surface area contributed by atoms with E-state index in [4.69, 9.17) is 16.3 Å². The molecule has 0 saturated carbocycles. The largest absolute Gasteiger partial charge is 0.481 e. The molecule has 23 heavy (non-hydrogen) atoms. The van der Waals surface area contributed by atoms with Crippen LogP contribution in [0, 0.1) is 6.92 Å². The Labute approximate surface area is 146 Å². The molecule has 0 aliphatic carbocycles. The zero-order valence-corrected chi connectivity index (χ0v) is 14.8. The number of carbonyl (C=O) groups is 1. The Morgan fingerprint density at radius 3 is 2.48 bits per heavy atom. The highest BCUT2D eigenvalue weighted by Gasteiger charge is 2.13. The van der Waals surface area contributed by atoms with Gasteiger partial charge in [0.25, 0.3) is 5.91 Å². The zero-order valence-electron chi connectivity index (χ0n) is 13.2. The molecule has 2 aromatic carbocycles. The molecule has 5 heteroatoms. The monoisotopic (exact) mass is 349 g/mol. The van der Waals surface area contributed by atoms with Gasteiger partial charge in [0.1, 0.15) is 5.75 Å². The lowest BCUT2D eigenvalue weighted by atomic mass is 10.2. The number of hydrogen-bond donors (Lipinski definition) is 1. The summed E-state index contributed by atoms with van der Waals surface area (Å²) in [7, 11) is 0. The molecule has 2 aromatic rings. The molecule has 0 aliphatic rings. The molecule has 3 nitrogen and oxygen atoms in total. The Bertz CT molecular complexity index is 628. The minimum Gasteiger partial charge on any atom is -0.481 e. The SMILES string of the molecule is Cc1ccc(O[C@@H](C)C(=O)NCCSc2ccc(Cl)cc2)cc1. The first kappa shape index (κ1) is 17.7. The van der Waals surface area contributed by atoms with Crippen LogP contribution in [0.25, 0.3) is 0 Å². The number of ether oxygens (including phenoxy) is 1. The van der Waals surface area contributed by atoms with Crippen LogP contribution in [-0.2, 0) is 4.79 Å². The molecule has 0 unspecified atom stereocenters. The van der Waals surface area contributed by atoms with Gasteiger partial charge in [0.05, 0.1) is 0 Å². The highest BCUT2D eigenvalue weighted by Crippen LogP contribution is 2.19. The minimum absolute atomic E-state index is 0.109. The second kappa shape index (κ2) is 8.85. The van der Waals surface area contributed by atoms with E-state index in [0.29, 0.717) is 12.3 Å². The topological polar surface area (TPSA) is 38.3 Å². The number of thioether (sulfide) groups is 1. The van der Waals surface area contributed by atoms with Gasteiger partial charge in [-0.3, -0.25) is 4.79 Å². The normalized spacial score (nSPS) is 11.8. The van der Waals surface area contributed by atoms with Crippen LogP contribution >= 0.6 is 23.4 Å².